The van der Waals surface area contributed by atoms with Crippen LogP contribution in [0.15, 0.2) is 42.7 Å². The lowest BCUT2D eigenvalue weighted by atomic mass is 9.99. The van der Waals surface area contributed by atoms with Gasteiger partial charge in [-0.1, -0.05) is 50.6 Å². The molecule has 0 saturated carbocycles. The Balaban J connectivity index is 1.96. The minimum Gasteiger partial charge on any atom is -0.322 e. The van der Waals surface area contributed by atoms with Gasteiger partial charge >= 0.3 is 0 Å². The standard InChI is InChI=1S/C16H22N4O/c1-3-12(2)15(17)16(21)19-14-9-18-20(11-14)10-13-7-5-4-6-8-13/h4-9,11-12,15H,3,10,17H2,1-2H3,(H,19,21). The van der Waals surface area contributed by atoms with Gasteiger partial charge in [0, 0.05) is 6.20 Å². The zero-order valence-electron chi connectivity index (χ0n) is 12.5. The zero-order valence-corrected chi connectivity index (χ0v) is 12.5. The number of hydrogen-bond acceptors (Lipinski definition) is 3. The van der Waals surface area contributed by atoms with E-state index in [-0.39, 0.29) is 11.8 Å². The van der Waals surface area contributed by atoms with Crippen LogP contribution >= 0.6 is 0 Å². The van der Waals surface area contributed by atoms with E-state index in [0.29, 0.717) is 12.2 Å². The molecule has 0 aliphatic carbocycles. The van der Waals surface area contributed by atoms with Gasteiger partial charge in [0.25, 0.3) is 0 Å². The van der Waals surface area contributed by atoms with Gasteiger partial charge in [0.1, 0.15) is 0 Å². The van der Waals surface area contributed by atoms with Crippen molar-refractivity contribution in [3.05, 3.63) is 48.3 Å². The number of benzene rings is 1. The van der Waals surface area contributed by atoms with Crippen LogP contribution in [-0.2, 0) is 11.3 Å². The number of nitrogens with zero attached hydrogens (tertiary/aromatic N) is 2. The number of amides is 1. The minimum absolute atomic E-state index is 0.157. The van der Waals surface area contributed by atoms with E-state index in [1.165, 1.54) is 0 Å². The van der Waals surface area contributed by atoms with E-state index in [1.54, 1.807) is 10.9 Å². The van der Waals surface area contributed by atoms with Crippen LogP contribution in [0.3, 0.4) is 0 Å². The van der Waals surface area contributed by atoms with E-state index in [2.05, 4.69) is 10.4 Å². The molecule has 3 N–H and O–H groups in total. The normalized spacial score (nSPS) is 13.7. The number of aromatic nitrogens is 2. The monoisotopic (exact) mass is 286 g/mol. The van der Waals surface area contributed by atoms with Crippen LogP contribution in [0.1, 0.15) is 25.8 Å². The largest absolute Gasteiger partial charge is 0.322 e. The van der Waals surface area contributed by atoms with Crippen molar-refractivity contribution < 1.29 is 4.79 Å². The van der Waals surface area contributed by atoms with Crippen molar-refractivity contribution >= 4 is 11.6 Å². The fourth-order valence-corrected chi connectivity index (χ4v) is 2.02. The highest BCUT2D eigenvalue weighted by atomic mass is 16.2. The maximum Gasteiger partial charge on any atom is 0.241 e. The van der Waals surface area contributed by atoms with Gasteiger partial charge in [-0.25, -0.2) is 0 Å². The van der Waals surface area contributed by atoms with Crippen LogP contribution in [0.4, 0.5) is 5.69 Å². The second-order valence-electron chi connectivity index (χ2n) is 5.31. The van der Waals surface area contributed by atoms with Crippen LogP contribution in [0.25, 0.3) is 0 Å². The average molecular weight is 286 g/mol. The molecule has 0 saturated heterocycles. The third-order valence-electron chi connectivity index (χ3n) is 3.65. The molecule has 1 aromatic heterocycles. The van der Waals surface area contributed by atoms with E-state index in [1.807, 2.05) is 50.4 Å². The Hall–Kier alpha value is -2.14. The molecule has 2 rings (SSSR count). The SMILES string of the molecule is CCC(C)C(N)C(=O)Nc1cnn(Cc2ccccc2)c1. The number of anilines is 1. The average Bonchev–Trinajstić information content (AvgIpc) is 2.93. The quantitative estimate of drug-likeness (QED) is 0.855. The van der Waals surface area contributed by atoms with Gasteiger partial charge in [-0.05, 0) is 11.5 Å². The first kappa shape index (κ1) is 15.3. The predicted octanol–water partition coefficient (Wildman–Crippen LogP) is 2.24. The first-order valence-electron chi connectivity index (χ1n) is 7.23. The number of hydrogen-bond donors (Lipinski definition) is 2. The van der Waals surface area contributed by atoms with Gasteiger partial charge in [0.15, 0.2) is 0 Å². The molecule has 2 unspecified atom stereocenters. The highest BCUT2D eigenvalue weighted by Gasteiger charge is 2.19. The smallest absolute Gasteiger partial charge is 0.241 e. The molecular weight excluding hydrogens is 264 g/mol. The molecule has 21 heavy (non-hydrogen) atoms. The Morgan fingerprint density at radius 3 is 2.76 bits per heavy atom. The summed E-state index contributed by atoms with van der Waals surface area (Å²) in [4.78, 5) is 12.0. The van der Waals surface area contributed by atoms with Crippen molar-refractivity contribution in [1.29, 1.82) is 0 Å². The molecule has 0 aliphatic heterocycles. The number of carbonyl (C=O) groups is 1. The molecule has 112 valence electrons. The minimum atomic E-state index is -0.493. The Kier molecular flexibility index (Phi) is 5.11. The molecule has 1 aromatic carbocycles. The van der Waals surface area contributed by atoms with Crippen molar-refractivity contribution in [2.45, 2.75) is 32.9 Å². The first-order chi connectivity index (χ1) is 10.1. The molecular formula is C16H22N4O. The van der Waals surface area contributed by atoms with Crippen LogP contribution < -0.4 is 11.1 Å². The third-order valence-corrected chi connectivity index (χ3v) is 3.65. The summed E-state index contributed by atoms with van der Waals surface area (Å²) in [6, 6.07) is 9.55. The van der Waals surface area contributed by atoms with E-state index >= 15 is 0 Å². The Bertz CT molecular complexity index is 579. The number of nitrogens with two attached hydrogens (primary N) is 1. The summed E-state index contributed by atoms with van der Waals surface area (Å²) in [6.07, 6.45) is 4.33. The van der Waals surface area contributed by atoms with Gasteiger partial charge in [-0.3, -0.25) is 9.48 Å². The molecule has 2 aromatic rings. The van der Waals surface area contributed by atoms with E-state index in [0.717, 1.165) is 12.0 Å². The molecule has 0 bridgehead atoms. The lowest BCUT2D eigenvalue weighted by Gasteiger charge is -2.16. The topological polar surface area (TPSA) is 72.9 Å². The van der Waals surface area contributed by atoms with Crippen molar-refractivity contribution in [1.82, 2.24) is 9.78 Å². The molecule has 0 radical (unpaired) electrons. The van der Waals surface area contributed by atoms with E-state index in [9.17, 15) is 4.79 Å². The summed E-state index contributed by atoms with van der Waals surface area (Å²) in [6.45, 7) is 4.67. The second kappa shape index (κ2) is 7.04. The molecule has 0 aliphatic rings. The summed E-state index contributed by atoms with van der Waals surface area (Å²) in [5, 5.41) is 7.07. The van der Waals surface area contributed by atoms with Crippen molar-refractivity contribution in [3.8, 4) is 0 Å². The summed E-state index contributed by atoms with van der Waals surface area (Å²) < 4.78 is 1.79. The van der Waals surface area contributed by atoms with Crippen LogP contribution in [0, 0.1) is 5.92 Å². The van der Waals surface area contributed by atoms with Crippen molar-refractivity contribution in [3.63, 3.8) is 0 Å². The highest BCUT2D eigenvalue weighted by Crippen LogP contribution is 2.11. The van der Waals surface area contributed by atoms with Gasteiger partial charge < -0.3 is 11.1 Å². The molecule has 0 spiro atoms. The molecule has 1 amide bonds. The van der Waals surface area contributed by atoms with Crippen LogP contribution in [0.5, 0.6) is 0 Å². The lowest BCUT2D eigenvalue weighted by molar-refractivity contribution is -0.118. The Morgan fingerprint density at radius 2 is 2.10 bits per heavy atom. The van der Waals surface area contributed by atoms with Crippen LogP contribution in [-0.4, -0.2) is 21.7 Å². The fraction of sp³-hybridized carbons (Fsp3) is 0.375. The lowest BCUT2D eigenvalue weighted by Crippen LogP contribution is -2.40. The van der Waals surface area contributed by atoms with Crippen LogP contribution in [0.2, 0.25) is 0 Å². The Morgan fingerprint density at radius 1 is 1.38 bits per heavy atom. The summed E-state index contributed by atoms with van der Waals surface area (Å²) >= 11 is 0. The summed E-state index contributed by atoms with van der Waals surface area (Å²) in [5.74, 6) is -0.00650. The second-order valence-corrected chi connectivity index (χ2v) is 5.31. The number of nitrogens with one attached hydrogen (secondary N) is 1. The van der Waals surface area contributed by atoms with Gasteiger partial charge in [0.05, 0.1) is 24.5 Å². The van der Waals surface area contributed by atoms with Crippen molar-refractivity contribution in [2.75, 3.05) is 5.32 Å². The fourth-order valence-electron chi connectivity index (χ4n) is 2.02. The number of carbonyl (C=O) groups excluding carboxylic acids is 1. The summed E-state index contributed by atoms with van der Waals surface area (Å²) in [7, 11) is 0. The highest BCUT2D eigenvalue weighted by molar-refractivity contribution is 5.94. The predicted molar refractivity (Wildman–Crippen MR) is 83.8 cm³/mol. The molecule has 5 heteroatoms. The zero-order chi connectivity index (χ0) is 15.2. The van der Waals surface area contributed by atoms with E-state index < -0.39 is 6.04 Å². The maximum atomic E-state index is 12.0. The Labute approximate surface area is 125 Å². The molecule has 2 atom stereocenters. The van der Waals surface area contributed by atoms with Gasteiger partial charge in [-0.15, -0.1) is 0 Å². The molecule has 1 heterocycles. The first-order valence-corrected chi connectivity index (χ1v) is 7.23. The molecule has 0 fully saturated rings. The van der Waals surface area contributed by atoms with Gasteiger partial charge in [-0.2, -0.15) is 5.10 Å². The maximum absolute atomic E-state index is 12.0. The molecule has 5 nitrogen and oxygen atoms in total. The summed E-state index contributed by atoms with van der Waals surface area (Å²) in [5.41, 5.74) is 7.75. The third kappa shape index (κ3) is 4.16. The van der Waals surface area contributed by atoms with Crippen molar-refractivity contribution in [2.24, 2.45) is 11.7 Å². The van der Waals surface area contributed by atoms with Gasteiger partial charge in [0.2, 0.25) is 5.91 Å². The van der Waals surface area contributed by atoms with E-state index in [4.69, 9.17) is 5.73 Å². The number of rotatable bonds is 6.